The lowest BCUT2D eigenvalue weighted by Crippen LogP contribution is -2.20. The summed E-state index contributed by atoms with van der Waals surface area (Å²) < 4.78 is 1.35. The average Bonchev–Trinajstić information content (AvgIpc) is 2.85. The summed E-state index contributed by atoms with van der Waals surface area (Å²) in [5, 5.41) is 12.0. The van der Waals surface area contributed by atoms with Gasteiger partial charge in [-0.25, -0.2) is 4.79 Å². The first-order valence-electron chi connectivity index (χ1n) is 6.26. The summed E-state index contributed by atoms with van der Waals surface area (Å²) in [6.07, 6.45) is 2.17. The number of anilines is 1. The molecule has 2 rings (SSSR count). The first-order valence-corrected chi connectivity index (χ1v) is 7.08. The number of carbonyl (C=O) groups is 2. The van der Waals surface area contributed by atoms with Crippen molar-refractivity contribution in [2.45, 2.75) is 13.3 Å². The van der Waals surface area contributed by atoms with Crippen LogP contribution in [0.4, 0.5) is 5.00 Å². The number of aromatic nitrogens is 1. The third kappa shape index (κ3) is 3.19. The largest absolute Gasteiger partial charge is 0.478 e. The molecular weight excluding hydrogens is 292 g/mol. The molecule has 2 N–H and O–H groups in total. The number of aryl methyl sites for hydroxylation is 2. The summed E-state index contributed by atoms with van der Waals surface area (Å²) in [6.45, 7) is 1.91. The van der Waals surface area contributed by atoms with Crippen molar-refractivity contribution in [2.24, 2.45) is 7.05 Å². The summed E-state index contributed by atoms with van der Waals surface area (Å²) in [5.74, 6) is -1.59. The molecule has 110 valence electrons. The van der Waals surface area contributed by atoms with E-state index in [2.05, 4.69) is 5.32 Å². The highest BCUT2D eigenvalue weighted by Gasteiger charge is 2.17. The van der Waals surface area contributed by atoms with Gasteiger partial charge in [-0.15, -0.1) is 11.3 Å². The molecule has 0 aliphatic carbocycles. The molecule has 0 atom stereocenters. The Hall–Kier alpha value is -2.41. The van der Waals surface area contributed by atoms with Crippen LogP contribution in [0.15, 0.2) is 29.2 Å². The van der Waals surface area contributed by atoms with Gasteiger partial charge in [0.1, 0.15) is 5.00 Å². The summed E-state index contributed by atoms with van der Waals surface area (Å²) in [6, 6.07) is 4.27. The van der Waals surface area contributed by atoms with Crippen LogP contribution in [0.25, 0.3) is 0 Å². The molecule has 0 radical (unpaired) electrons. The van der Waals surface area contributed by atoms with E-state index in [1.165, 1.54) is 34.2 Å². The monoisotopic (exact) mass is 306 g/mol. The predicted octanol–water partition coefficient (Wildman–Crippen LogP) is 1.96. The molecule has 6 nitrogen and oxygen atoms in total. The molecule has 1 amide bonds. The zero-order valence-corrected chi connectivity index (χ0v) is 12.4. The van der Waals surface area contributed by atoms with Gasteiger partial charge in [-0.2, -0.15) is 0 Å². The van der Waals surface area contributed by atoms with E-state index in [1.54, 1.807) is 13.1 Å². The van der Waals surface area contributed by atoms with E-state index in [9.17, 15) is 14.4 Å². The van der Waals surface area contributed by atoms with Gasteiger partial charge < -0.3 is 15.0 Å². The molecule has 2 aromatic rings. The Morgan fingerprint density at radius 1 is 1.38 bits per heavy atom. The van der Waals surface area contributed by atoms with Crippen LogP contribution in [-0.2, 0) is 13.5 Å². The molecule has 2 heterocycles. The highest BCUT2D eigenvalue weighted by atomic mass is 32.1. The SMILES string of the molecule is CCc1cc(C(=O)O)c(NC(=O)c2ccn(C)c(=O)c2)s1. The highest BCUT2D eigenvalue weighted by Crippen LogP contribution is 2.29. The third-order valence-corrected chi connectivity index (χ3v) is 4.15. The number of aromatic carboxylic acids is 1. The molecule has 0 aliphatic heterocycles. The molecule has 0 unspecified atom stereocenters. The number of hydrogen-bond acceptors (Lipinski definition) is 4. The van der Waals surface area contributed by atoms with Crippen molar-refractivity contribution in [3.63, 3.8) is 0 Å². The number of carbonyl (C=O) groups excluding carboxylic acids is 1. The van der Waals surface area contributed by atoms with E-state index in [1.807, 2.05) is 6.92 Å². The molecule has 0 aliphatic rings. The number of carboxylic acids is 1. The van der Waals surface area contributed by atoms with Crippen molar-refractivity contribution in [2.75, 3.05) is 5.32 Å². The molecule has 0 saturated carbocycles. The Bertz CT molecular complexity index is 761. The third-order valence-electron chi connectivity index (χ3n) is 2.96. The van der Waals surface area contributed by atoms with Gasteiger partial charge in [0.05, 0.1) is 5.56 Å². The fraction of sp³-hybridized carbons (Fsp3) is 0.214. The number of carboxylic acid groups (broad SMARTS) is 1. The van der Waals surface area contributed by atoms with Crippen LogP contribution < -0.4 is 10.9 Å². The minimum Gasteiger partial charge on any atom is -0.478 e. The topological polar surface area (TPSA) is 88.4 Å². The van der Waals surface area contributed by atoms with Crippen molar-refractivity contribution in [3.8, 4) is 0 Å². The Kier molecular flexibility index (Phi) is 4.23. The summed E-state index contributed by atoms with van der Waals surface area (Å²) in [7, 11) is 1.58. The molecule has 0 aromatic carbocycles. The van der Waals surface area contributed by atoms with Gasteiger partial charge in [0.15, 0.2) is 0 Å². The zero-order chi connectivity index (χ0) is 15.6. The van der Waals surface area contributed by atoms with Crippen LogP contribution in [0.1, 0.15) is 32.5 Å². The van der Waals surface area contributed by atoms with E-state index in [-0.39, 0.29) is 21.7 Å². The van der Waals surface area contributed by atoms with Gasteiger partial charge in [-0.3, -0.25) is 9.59 Å². The van der Waals surface area contributed by atoms with Gasteiger partial charge in [-0.05, 0) is 18.6 Å². The average molecular weight is 306 g/mol. The quantitative estimate of drug-likeness (QED) is 0.903. The number of pyridine rings is 1. The first kappa shape index (κ1) is 15.0. The van der Waals surface area contributed by atoms with Crippen LogP contribution >= 0.6 is 11.3 Å². The Balaban J connectivity index is 2.30. The number of hydrogen-bond donors (Lipinski definition) is 2. The Labute approximate surface area is 124 Å². The maximum atomic E-state index is 12.1. The number of thiophene rings is 1. The van der Waals surface area contributed by atoms with Crippen LogP contribution in [-0.4, -0.2) is 21.6 Å². The molecule has 0 saturated heterocycles. The number of nitrogens with zero attached hydrogens (tertiary/aromatic N) is 1. The van der Waals surface area contributed by atoms with Crippen LogP contribution in [0.3, 0.4) is 0 Å². The summed E-state index contributed by atoms with van der Waals surface area (Å²) in [5.41, 5.74) is -0.0449. The van der Waals surface area contributed by atoms with Crippen molar-refractivity contribution in [3.05, 3.63) is 50.8 Å². The van der Waals surface area contributed by atoms with E-state index in [4.69, 9.17) is 5.11 Å². The van der Waals surface area contributed by atoms with Crippen LogP contribution in [0, 0.1) is 0 Å². The van der Waals surface area contributed by atoms with E-state index in [0.29, 0.717) is 6.42 Å². The lowest BCUT2D eigenvalue weighted by molar-refractivity contribution is 0.0698. The first-order chi connectivity index (χ1) is 9.92. The van der Waals surface area contributed by atoms with Crippen molar-refractivity contribution in [1.82, 2.24) is 4.57 Å². The molecule has 0 spiro atoms. The second-order valence-electron chi connectivity index (χ2n) is 4.43. The molecule has 0 fully saturated rings. The van der Waals surface area contributed by atoms with Gasteiger partial charge in [0.2, 0.25) is 0 Å². The zero-order valence-electron chi connectivity index (χ0n) is 11.5. The number of amides is 1. The van der Waals surface area contributed by atoms with Gasteiger partial charge in [0.25, 0.3) is 11.5 Å². The van der Waals surface area contributed by atoms with E-state index < -0.39 is 11.9 Å². The predicted molar refractivity (Wildman–Crippen MR) is 80.3 cm³/mol. The maximum Gasteiger partial charge on any atom is 0.338 e. The van der Waals surface area contributed by atoms with Crippen LogP contribution in [0.2, 0.25) is 0 Å². The lowest BCUT2D eigenvalue weighted by Gasteiger charge is -2.04. The second-order valence-corrected chi connectivity index (χ2v) is 5.57. The van der Waals surface area contributed by atoms with Gasteiger partial charge >= 0.3 is 5.97 Å². The fourth-order valence-electron chi connectivity index (χ4n) is 1.73. The van der Waals surface area contributed by atoms with Crippen LogP contribution in [0.5, 0.6) is 0 Å². The van der Waals surface area contributed by atoms with E-state index >= 15 is 0 Å². The Morgan fingerprint density at radius 3 is 2.67 bits per heavy atom. The molecule has 2 aromatic heterocycles. The normalized spacial score (nSPS) is 10.4. The summed E-state index contributed by atoms with van der Waals surface area (Å²) in [4.78, 5) is 35.7. The maximum absolute atomic E-state index is 12.1. The Morgan fingerprint density at radius 2 is 2.10 bits per heavy atom. The highest BCUT2D eigenvalue weighted by molar-refractivity contribution is 7.16. The van der Waals surface area contributed by atoms with Gasteiger partial charge in [0, 0.05) is 29.8 Å². The van der Waals surface area contributed by atoms with Crippen molar-refractivity contribution in [1.29, 1.82) is 0 Å². The molecule has 21 heavy (non-hydrogen) atoms. The molecular formula is C14H14N2O4S. The van der Waals surface area contributed by atoms with Gasteiger partial charge in [-0.1, -0.05) is 6.92 Å². The minimum atomic E-state index is -1.09. The standard InChI is InChI=1S/C14H14N2O4S/c1-3-9-7-10(14(19)20)13(21-9)15-12(18)8-4-5-16(2)11(17)6-8/h4-7H,3H2,1-2H3,(H,15,18)(H,19,20). The number of rotatable bonds is 4. The lowest BCUT2D eigenvalue weighted by atomic mass is 10.2. The minimum absolute atomic E-state index is 0.0639. The summed E-state index contributed by atoms with van der Waals surface area (Å²) >= 11 is 1.22. The number of nitrogens with one attached hydrogen (secondary N) is 1. The van der Waals surface area contributed by atoms with Crippen molar-refractivity contribution < 1.29 is 14.7 Å². The molecule has 7 heteroatoms. The van der Waals surface area contributed by atoms with E-state index in [0.717, 1.165) is 4.88 Å². The second kappa shape index (κ2) is 5.92. The molecule has 0 bridgehead atoms. The fourth-order valence-corrected chi connectivity index (χ4v) is 2.72. The van der Waals surface area contributed by atoms with Crippen molar-refractivity contribution >= 4 is 28.2 Å². The smallest absolute Gasteiger partial charge is 0.338 e.